The topological polar surface area (TPSA) is 131 Å². The van der Waals surface area contributed by atoms with Crippen molar-refractivity contribution in [1.29, 1.82) is 5.41 Å². The van der Waals surface area contributed by atoms with E-state index < -0.39 is 18.0 Å². The van der Waals surface area contributed by atoms with Crippen LogP contribution in [0.25, 0.3) is 0 Å². The molecule has 31 heavy (non-hydrogen) atoms. The maximum atomic E-state index is 11.8. The van der Waals surface area contributed by atoms with Crippen LogP contribution in [0.1, 0.15) is 110 Å². The third kappa shape index (κ3) is 21.1. The molecule has 0 amide bonds. The largest absolute Gasteiger partial charge is 0.392 e. The van der Waals surface area contributed by atoms with Gasteiger partial charge in [0.1, 0.15) is 6.04 Å². The van der Waals surface area contributed by atoms with Crippen LogP contribution < -0.4 is 16.8 Å². The van der Waals surface area contributed by atoms with Gasteiger partial charge in [-0.2, -0.15) is 0 Å². The normalized spacial score (nSPS) is 12.1. The highest BCUT2D eigenvalue weighted by atomic mass is 16.6. The van der Waals surface area contributed by atoms with E-state index in [9.17, 15) is 9.59 Å². The molecule has 0 aliphatic carbocycles. The molecule has 1 unspecified atom stereocenters. The average molecular weight is 439 g/mol. The third-order valence-corrected chi connectivity index (χ3v) is 5.17. The standard InChI is InChI=1S/C24H46N4O3/c1-2-3-4-5-6-7-8-9-10-11-12-13-14-15-16-19-22(29)31-23(30)21(25)18-17-20-28-24(26)27/h9-10,21H,2-8,11-20,25H2,1H3,(H4,26,27,28)/b10-9-. The highest BCUT2D eigenvalue weighted by molar-refractivity contribution is 5.88. The number of unbranched alkanes of at least 4 members (excludes halogenated alkanes) is 11. The molecule has 0 bridgehead atoms. The van der Waals surface area contributed by atoms with Crippen molar-refractivity contribution in [3.8, 4) is 0 Å². The predicted molar refractivity (Wildman–Crippen MR) is 128 cm³/mol. The molecule has 0 aromatic rings. The van der Waals surface area contributed by atoms with Crippen LogP contribution in [-0.4, -0.2) is 30.5 Å². The quantitative estimate of drug-likeness (QED) is 0.0545. The van der Waals surface area contributed by atoms with E-state index in [1.54, 1.807) is 0 Å². The second-order valence-electron chi connectivity index (χ2n) is 8.22. The van der Waals surface area contributed by atoms with Crippen LogP contribution in [0.15, 0.2) is 12.2 Å². The van der Waals surface area contributed by atoms with Crippen molar-refractivity contribution in [3.63, 3.8) is 0 Å². The van der Waals surface area contributed by atoms with E-state index >= 15 is 0 Å². The molecule has 0 rings (SSSR count). The molecule has 0 saturated heterocycles. The summed E-state index contributed by atoms with van der Waals surface area (Å²) in [5, 5.41) is 9.67. The zero-order valence-electron chi connectivity index (χ0n) is 19.6. The summed E-state index contributed by atoms with van der Waals surface area (Å²) in [6, 6.07) is -0.827. The first-order valence-electron chi connectivity index (χ1n) is 12.2. The number of nitrogens with one attached hydrogen (secondary N) is 2. The number of guanidine groups is 1. The Morgan fingerprint density at radius 3 is 2.03 bits per heavy atom. The molecule has 0 aromatic heterocycles. The van der Waals surface area contributed by atoms with Gasteiger partial charge in [-0.3, -0.25) is 10.2 Å². The van der Waals surface area contributed by atoms with Gasteiger partial charge < -0.3 is 21.5 Å². The van der Waals surface area contributed by atoms with E-state index in [0.29, 0.717) is 19.4 Å². The summed E-state index contributed by atoms with van der Waals surface area (Å²) in [6.45, 7) is 2.71. The van der Waals surface area contributed by atoms with Crippen LogP contribution in [0.2, 0.25) is 0 Å². The highest BCUT2D eigenvalue weighted by Crippen LogP contribution is 2.10. The lowest BCUT2D eigenvalue weighted by Gasteiger charge is -2.10. The Morgan fingerprint density at radius 1 is 0.903 bits per heavy atom. The van der Waals surface area contributed by atoms with Gasteiger partial charge in [0.2, 0.25) is 0 Å². The van der Waals surface area contributed by atoms with Crippen LogP contribution in [0.5, 0.6) is 0 Å². The van der Waals surface area contributed by atoms with Gasteiger partial charge in [-0.05, 0) is 44.9 Å². The fraction of sp³-hybridized carbons (Fsp3) is 0.792. The van der Waals surface area contributed by atoms with Crippen LogP contribution in [0.3, 0.4) is 0 Å². The molecule has 0 heterocycles. The Kier molecular flexibility index (Phi) is 20.0. The molecular weight excluding hydrogens is 392 g/mol. The van der Waals surface area contributed by atoms with Crippen molar-refractivity contribution in [2.75, 3.05) is 6.54 Å². The Bertz CT molecular complexity index is 509. The molecule has 0 aliphatic heterocycles. The van der Waals surface area contributed by atoms with Gasteiger partial charge in [0.25, 0.3) is 0 Å². The predicted octanol–water partition coefficient (Wildman–Crippen LogP) is 4.68. The van der Waals surface area contributed by atoms with Crippen molar-refractivity contribution in [3.05, 3.63) is 12.2 Å². The Balaban J connectivity index is 3.49. The van der Waals surface area contributed by atoms with Crippen molar-refractivity contribution in [2.24, 2.45) is 11.5 Å². The summed E-state index contributed by atoms with van der Waals surface area (Å²) >= 11 is 0. The fourth-order valence-electron chi connectivity index (χ4n) is 3.24. The lowest BCUT2D eigenvalue weighted by atomic mass is 10.1. The van der Waals surface area contributed by atoms with Gasteiger partial charge in [0.05, 0.1) is 0 Å². The van der Waals surface area contributed by atoms with E-state index in [1.807, 2.05) is 0 Å². The number of allylic oxidation sites excluding steroid dienone is 2. The zero-order valence-corrected chi connectivity index (χ0v) is 19.6. The Morgan fingerprint density at radius 2 is 1.45 bits per heavy atom. The number of carbonyl (C=O) groups excluding carboxylic acids is 2. The minimum absolute atomic E-state index is 0.119. The lowest BCUT2D eigenvalue weighted by Crippen LogP contribution is -2.36. The fourth-order valence-corrected chi connectivity index (χ4v) is 3.24. The van der Waals surface area contributed by atoms with Crippen molar-refractivity contribution < 1.29 is 14.3 Å². The number of esters is 2. The summed E-state index contributed by atoms with van der Waals surface area (Å²) < 4.78 is 4.81. The van der Waals surface area contributed by atoms with Crippen LogP contribution >= 0.6 is 0 Å². The van der Waals surface area contributed by atoms with Gasteiger partial charge in [0, 0.05) is 13.0 Å². The number of nitrogens with two attached hydrogens (primary N) is 2. The maximum absolute atomic E-state index is 11.8. The van der Waals surface area contributed by atoms with E-state index in [-0.39, 0.29) is 12.4 Å². The van der Waals surface area contributed by atoms with Crippen LogP contribution in [0.4, 0.5) is 0 Å². The number of carbonyl (C=O) groups is 2. The SMILES string of the molecule is CCCCCCCC/C=C\CCCCCCCC(=O)OC(=O)C(N)CCCNC(=N)N. The summed E-state index contributed by atoms with van der Waals surface area (Å²) in [4.78, 5) is 23.5. The van der Waals surface area contributed by atoms with Gasteiger partial charge in [-0.1, -0.05) is 70.4 Å². The van der Waals surface area contributed by atoms with Crippen LogP contribution in [-0.2, 0) is 14.3 Å². The molecule has 7 nitrogen and oxygen atoms in total. The molecule has 0 spiro atoms. The van der Waals surface area contributed by atoms with E-state index in [1.165, 1.54) is 51.4 Å². The number of hydrogen-bond donors (Lipinski definition) is 4. The smallest absolute Gasteiger partial charge is 0.330 e. The highest BCUT2D eigenvalue weighted by Gasteiger charge is 2.18. The first-order chi connectivity index (χ1) is 15.0. The molecule has 1 atom stereocenters. The number of ether oxygens (including phenoxy) is 1. The molecule has 0 aromatic carbocycles. The van der Waals surface area contributed by atoms with Crippen molar-refractivity contribution in [2.45, 2.75) is 116 Å². The Hall–Kier alpha value is -1.89. The first kappa shape index (κ1) is 29.1. The summed E-state index contributed by atoms with van der Waals surface area (Å²) in [5.74, 6) is -1.30. The minimum atomic E-state index is -0.827. The molecule has 6 N–H and O–H groups in total. The summed E-state index contributed by atoms with van der Waals surface area (Å²) in [5.41, 5.74) is 10.9. The van der Waals surface area contributed by atoms with Gasteiger partial charge >= 0.3 is 11.9 Å². The van der Waals surface area contributed by atoms with E-state index in [4.69, 9.17) is 21.6 Å². The molecule has 0 radical (unpaired) electrons. The van der Waals surface area contributed by atoms with E-state index in [0.717, 1.165) is 32.1 Å². The summed E-state index contributed by atoms with van der Waals surface area (Å²) in [7, 11) is 0. The van der Waals surface area contributed by atoms with Crippen molar-refractivity contribution >= 4 is 17.9 Å². The monoisotopic (exact) mass is 438 g/mol. The second-order valence-corrected chi connectivity index (χ2v) is 8.22. The van der Waals surface area contributed by atoms with Crippen LogP contribution in [0, 0.1) is 5.41 Å². The molecule has 180 valence electrons. The second kappa shape index (κ2) is 21.3. The lowest BCUT2D eigenvalue weighted by molar-refractivity contribution is -0.160. The molecule has 7 heteroatoms. The zero-order chi connectivity index (χ0) is 23.2. The summed E-state index contributed by atoms with van der Waals surface area (Å²) in [6.07, 6.45) is 21.4. The van der Waals surface area contributed by atoms with Crippen molar-refractivity contribution in [1.82, 2.24) is 5.32 Å². The maximum Gasteiger partial charge on any atom is 0.330 e. The van der Waals surface area contributed by atoms with E-state index in [2.05, 4.69) is 24.4 Å². The third-order valence-electron chi connectivity index (χ3n) is 5.17. The molecule has 0 fully saturated rings. The molecule has 0 aliphatic rings. The average Bonchev–Trinajstić information content (AvgIpc) is 2.73. The molecule has 0 saturated carbocycles. The first-order valence-corrected chi connectivity index (χ1v) is 12.2. The van der Waals surface area contributed by atoms with Gasteiger partial charge in [-0.25, -0.2) is 4.79 Å². The Labute approximate surface area is 189 Å². The number of rotatable bonds is 20. The minimum Gasteiger partial charge on any atom is -0.392 e. The van der Waals surface area contributed by atoms with Gasteiger partial charge in [-0.15, -0.1) is 0 Å². The molecular formula is C24H46N4O3. The number of hydrogen-bond acceptors (Lipinski definition) is 5. The van der Waals surface area contributed by atoms with Gasteiger partial charge in [0.15, 0.2) is 5.96 Å².